The molecule has 0 spiro atoms. The second-order valence-electron chi connectivity index (χ2n) is 4.64. The molecule has 0 amide bonds. The van der Waals surface area contributed by atoms with Crippen molar-refractivity contribution >= 4 is 23.2 Å². The quantitative estimate of drug-likeness (QED) is 0.926. The molecule has 0 bridgehead atoms. The lowest BCUT2D eigenvalue weighted by Crippen LogP contribution is -2.51. The van der Waals surface area contributed by atoms with Gasteiger partial charge in [-0.05, 0) is 31.7 Å². The van der Waals surface area contributed by atoms with Crippen molar-refractivity contribution in [2.24, 2.45) is 0 Å². The Hall–Kier alpha value is -0.320. The van der Waals surface area contributed by atoms with Crippen molar-refractivity contribution < 1.29 is 4.74 Å². The van der Waals surface area contributed by atoms with Gasteiger partial charge in [0.15, 0.2) is 0 Å². The van der Waals surface area contributed by atoms with Gasteiger partial charge in [0.05, 0.1) is 16.7 Å². The minimum atomic E-state index is 0.101. The third-order valence-corrected chi connectivity index (χ3v) is 3.99. The van der Waals surface area contributed by atoms with Crippen molar-refractivity contribution in [1.82, 2.24) is 10.2 Å². The van der Waals surface area contributed by atoms with Crippen LogP contribution in [0.2, 0.25) is 10.0 Å². The Morgan fingerprint density at radius 3 is 2.83 bits per heavy atom. The average Bonchev–Trinajstić information content (AvgIpc) is 2.36. The third kappa shape index (κ3) is 3.37. The Balaban J connectivity index is 2.04. The largest absolute Gasteiger partial charge is 0.360 e. The molecule has 1 aromatic carbocycles. The molecular weight excluding hydrogens is 271 g/mol. The minimum absolute atomic E-state index is 0.101. The first kappa shape index (κ1) is 14.1. The summed E-state index contributed by atoms with van der Waals surface area (Å²) in [7, 11) is 1.91. The van der Waals surface area contributed by atoms with Crippen LogP contribution in [0.1, 0.15) is 12.5 Å². The molecule has 1 fully saturated rings. The van der Waals surface area contributed by atoms with Gasteiger partial charge in [0.25, 0.3) is 0 Å². The van der Waals surface area contributed by atoms with Crippen molar-refractivity contribution in [3.63, 3.8) is 0 Å². The van der Waals surface area contributed by atoms with E-state index >= 15 is 0 Å². The molecule has 0 aliphatic carbocycles. The lowest BCUT2D eigenvalue weighted by atomic mass is 10.1. The van der Waals surface area contributed by atoms with E-state index in [1.165, 1.54) is 5.56 Å². The van der Waals surface area contributed by atoms with Gasteiger partial charge in [-0.15, -0.1) is 0 Å². The number of morpholine rings is 1. The number of ether oxygens (including phenoxy) is 1. The number of halogens is 2. The van der Waals surface area contributed by atoms with Crippen LogP contribution >= 0.6 is 23.2 Å². The molecule has 0 unspecified atom stereocenters. The van der Waals surface area contributed by atoms with Gasteiger partial charge >= 0.3 is 0 Å². The molecule has 100 valence electrons. The van der Waals surface area contributed by atoms with E-state index in [2.05, 4.69) is 17.1 Å². The lowest BCUT2D eigenvalue weighted by molar-refractivity contribution is -0.0726. The summed E-state index contributed by atoms with van der Waals surface area (Å²) >= 11 is 12.0. The average molecular weight is 289 g/mol. The van der Waals surface area contributed by atoms with Crippen molar-refractivity contribution in [2.45, 2.75) is 25.7 Å². The summed E-state index contributed by atoms with van der Waals surface area (Å²) in [4.78, 5) is 2.38. The molecule has 1 aliphatic heterocycles. The van der Waals surface area contributed by atoms with Gasteiger partial charge < -0.3 is 4.74 Å². The molecule has 0 saturated carbocycles. The fourth-order valence-electron chi connectivity index (χ4n) is 2.07. The number of rotatable bonds is 3. The maximum absolute atomic E-state index is 6.04. The highest BCUT2D eigenvalue weighted by Crippen LogP contribution is 2.24. The second kappa shape index (κ2) is 6.22. The molecule has 1 N–H and O–H groups in total. The minimum Gasteiger partial charge on any atom is -0.360 e. The van der Waals surface area contributed by atoms with Gasteiger partial charge in [0.2, 0.25) is 0 Å². The zero-order chi connectivity index (χ0) is 13.1. The van der Waals surface area contributed by atoms with Crippen LogP contribution in [0.4, 0.5) is 0 Å². The van der Waals surface area contributed by atoms with Gasteiger partial charge in [-0.1, -0.05) is 29.3 Å². The maximum atomic E-state index is 6.04. The predicted molar refractivity (Wildman–Crippen MR) is 75.1 cm³/mol. The number of likely N-dealkylation sites (N-methyl/N-ethyl adjacent to an activating group) is 1. The van der Waals surface area contributed by atoms with Gasteiger partial charge in [-0.3, -0.25) is 10.2 Å². The second-order valence-corrected chi connectivity index (χ2v) is 5.45. The molecule has 0 radical (unpaired) electrons. The third-order valence-electron chi connectivity index (χ3n) is 3.25. The van der Waals surface area contributed by atoms with Crippen LogP contribution in [0.3, 0.4) is 0 Å². The molecule has 2 rings (SSSR count). The highest BCUT2D eigenvalue weighted by molar-refractivity contribution is 6.42. The van der Waals surface area contributed by atoms with E-state index in [9.17, 15) is 0 Å². The fraction of sp³-hybridized carbons (Fsp3) is 0.538. The zero-order valence-electron chi connectivity index (χ0n) is 10.6. The van der Waals surface area contributed by atoms with Crippen LogP contribution in [0.25, 0.3) is 0 Å². The first-order valence-electron chi connectivity index (χ1n) is 6.07. The van der Waals surface area contributed by atoms with Crippen LogP contribution < -0.4 is 5.32 Å². The van der Waals surface area contributed by atoms with E-state index in [0.717, 1.165) is 19.7 Å². The molecule has 5 heteroatoms. The number of nitrogens with zero attached hydrogens (tertiary/aromatic N) is 1. The summed E-state index contributed by atoms with van der Waals surface area (Å²) in [6.07, 6.45) is 0.101. The van der Waals surface area contributed by atoms with Crippen molar-refractivity contribution in [2.75, 3.05) is 20.2 Å². The van der Waals surface area contributed by atoms with Crippen LogP contribution in [-0.4, -0.2) is 37.4 Å². The summed E-state index contributed by atoms with van der Waals surface area (Å²) in [6.45, 7) is 4.65. The van der Waals surface area contributed by atoms with E-state index in [4.69, 9.17) is 27.9 Å². The summed E-state index contributed by atoms with van der Waals surface area (Å²) in [5, 5.41) is 4.36. The predicted octanol–water partition coefficient (Wildman–Crippen LogP) is 2.76. The normalized spacial score (nSPS) is 25.3. The van der Waals surface area contributed by atoms with Crippen molar-refractivity contribution in [3.8, 4) is 0 Å². The van der Waals surface area contributed by atoms with E-state index in [-0.39, 0.29) is 6.23 Å². The van der Waals surface area contributed by atoms with Crippen molar-refractivity contribution in [3.05, 3.63) is 33.8 Å². The molecule has 1 aliphatic rings. The van der Waals surface area contributed by atoms with E-state index in [1.54, 1.807) is 0 Å². The van der Waals surface area contributed by atoms with E-state index in [1.807, 2.05) is 25.2 Å². The van der Waals surface area contributed by atoms with Crippen LogP contribution in [0.5, 0.6) is 0 Å². The Bertz CT molecular complexity index is 414. The SMILES string of the molecule is CN[C@H]1CN(Cc2ccc(Cl)c(Cl)c2)[C@H](C)CO1. The number of hydrogen-bond acceptors (Lipinski definition) is 3. The fourth-order valence-corrected chi connectivity index (χ4v) is 2.39. The summed E-state index contributed by atoms with van der Waals surface area (Å²) < 4.78 is 5.65. The smallest absolute Gasteiger partial charge is 0.120 e. The van der Waals surface area contributed by atoms with Crippen LogP contribution in [0, 0.1) is 0 Å². The number of benzene rings is 1. The maximum Gasteiger partial charge on any atom is 0.120 e. The molecule has 1 aromatic rings. The van der Waals surface area contributed by atoms with Gasteiger partial charge in [0.1, 0.15) is 6.23 Å². The molecule has 2 atom stereocenters. The summed E-state index contributed by atoms with van der Waals surface area (Å²) in [6, 6.07) is 6.20. The topological polar surface area (TPSA) is 24.5 Å². The van der Waals surface area contributed by atoms with Gasteiger partial charge in [0, 0.05) is 19.1 Å². The number of hydrogen-bond donors (Lipinski definition) is 1. The Labute approximate surface area is 118 Å². The van der Waals surface area contributed by atoms with Gasteiger partial charge in [-0.25, -0.2) is 0 Å². The molecule has 1 saturated heterocycles. The van der Waals surface area contributed by atoms with Crippen LogP contribution in [0.15, 0.2) is 18.2 Å². The van der Waals surface area contributed by atoms with Gasteiger partial charge in [-0.2, -0.15) is 0 Å². The van der Waals surface area contributed by atoms with Crippen molar-refractivity contribution in [1.29, 1.82) is 0 Å². The lowest BCUT2D eigenvalue weighted by Gasteiger charge is -2.37. The highest BCUT2D eigenvalue weighted by Gasteiger charge is 2.24. The number of nitrogens with one attached hydrogen (secondary N) is 1. The zero-order valence-corrected chi connectivity index (χ0v) is 12.1. The molecular formula is C13H18Cl2N2O. The first-order valence-corrected chi connectivity index (χ1v) is 6.82. The highest BCUT2D eigenvalue weighted by atomic mass is 35.5. The first-order chi connectivity index (χ1) is 8.60. The van der Waals surface area contributed by atoms with E-state index in [0.29, 0.717) is 16.1 Å². The molecule has 1 heterocycles. The Morgan fingerprint density at radius 2 is 2.17 bits per heavy atom. The van der Waals surface area contributed by atoms with Crippen LogP contribution in [-0.2, 0) is 11.3 Å². The standard InChI is InChI=1S/C13H18Cl2N2O/c1-9-8-18-13(16-2)7-17(9)6-10-3-4-11(14)12(15)5-10/h3-5,9,13,16H,6-8H2,1-2H3/t9-,13-/m1/s1. The van der Waals surface area contributed by atoms with E-state index < -0.39 is 0 Å². The summed E-state index contributed by atoms with van der Waals surface area (Å²) in [5.74, 6) is 0. The Morgan fingerprint density at radius 1 is 1.39 bits per heavy atom. The Kier molecular flexibility index (Phi) is 4.87. The molecule has 0 aromatic heterocycles. The monoisotopic (exact) mass is 288 g/mol. The molecule has 3 nitrogen and oxygen atoms in total. The molecule has 18 heavy (non-hydrogen) atoms. The summed E-state index contributed by atoms with van der Waals surface area (Å²) in [5.41, 5.74) is 1.17.